The molecule has 2 aromatic rings. The van der Waals surface area contributed by atoms with Gasteiger partial charge in [0.05, 0.1) is 34.7 Å². The van der Waals surface area contributed by atoms with Crippen molar-refractivity contribution >= 4 is 28.8 Å². The summed E-state index contributed by atoms with van der Waals surface area (Å²) in [5.74, 6) is -1.03. The monoisotopic (exact) mass is 414 g/mol. The van der Waals surface area contributed by atoms with Gasteiger partial charge in [0.25, 0.3) is 0 Å². The Hall–Kier alpha value is -2.90. The first-order valence-electron chi connectivity index (χ1n) is 10.2. The number of hydrogen-bond donors (Lipinski definition) is 1. The molecular weight excluding hydrogens is 384 g/mol. The maximum atomic E-state index is 12.7. The Kier molecular flexibility index (Phi) is 5.62. The number of carboxylic acid groups (broad SMARTS) is 1. The lowest BCUT2D eigenvalue weighted by Crippen LogP contribution is -2.59. The number of hydrogen-bond acceptors (Lipinski definition) is 6. The minimum absolute atomic E-state index is 0.0858. The fourth-order valence-corrected chi connectivity index (χ4v) is 3.91. The van der Waals surface area contributed by atoms with Gasteiger partial charge in [-0.2, -0.15) is 0 Å². The molecule has 1 N–H and O–H groups in total. The molecule has 1 saturated heterocycles. The highest BCUT2D eigenvalue weighted by Crippen LogP contribution is 2.31. The van der Waals surface area contributed by atoms with Crippen LogP contribution in [0, 0.1) is 13.8 Å². The molecule has 2 atom stereocenters. The Labute approximate surface area is 176 Å². The van der Waals surface area contributed by atoms with E-state index in [-0.39, 0.29) is 23.7 Å². The molecule has 0 spiro atoms. The number of carbonyl (C=O) groups excluding carboxylic acids is 1. The lowest BCUT2D eigenvalue weighted by Gasteiger charge is -2.45. The van der Waals surface area contributed by atoms with Crippen molar-refractivity contribution in [1.82, 2.24) is 14.9 Å². The largest absolute Gasteiger partial charge is 0.478 e. The standard InChI is InChI=1S/C22H30N4O4/c1-12-10-25(11-13(2)26(12)21(29)30-22(5,6)7)17-9-8-16(20(27)28)18-19(17)24-15(4)14(3)23-18/h8-9,12-13H,10-11H2,1-7H3,(H,27,28)/t12-,13?/m0/s1. The summed E-state index contributed by atoms with van der Waals surface area (Å²) in [6.07, 6.45) is -0.320. The van der Waals surface area contributed by atoms with E-state index in [9.17, 15) is 14.7 Å². The van der Waals surface area contributed by atoms with Crippen molar-refractivity contribution in [2.75, 3.05) is 18.0 Å². The predicted molar refractivity (Wildman–Crippen MR) is 115 cm³/mol. The van der Waals surface area contributed by atoms with Gasteiger partial charge in [0.2, 0.25) is 0 Å². The number of aromatic nitrogens is 2. The number of aryl methyl sites for hydroxylation is 2. The molecule has 1 aromatic heterocycles. The van der Waals surface area contributed by atoms with Crippen LogP contribution < -0.4 is 4.90 Å². The average Bonchev–Trinajstić information content (AvgIpc) is 2.59. The summed E-state index contributed by atoms with van der Waals surface area (Å²) in [5, 5.41) is 9.58. The van der Waals surface area contributed by atoms with Gasteiger partial charge in [0.1, 0.15) is 16.6 Å². The van der Waals surface area contributed by atoms with Crippen LogP contribution in [0.1, 0.15) is 56.4 Å². The Morgan fingerprint density at radius 2 is 1.57 bits per heavy atom. The zero-order chi connectivity index (χ0) is 22.4. The van der Waals surface area contributed by atoms with E-state index >= 15 is 0 Å². The quantitative estimate of drug-likeness (QED) is 0.799. The number of carbonyl (C=O) groups is 2. The average molecular weight is 415 g/mol. The van der Waals surface area contributed by atoms with Crippen LogP contribution in [-0.2, 0) is 4.74 Å². The van der Waals surface area contributed by atoms with Crippen molar-refractivity contribution in [2.24, 2.45) is 0 Å². The molecule has 8 nitrogen and oxygen atoms in total. The van der Waals surface area contributed by atoms with E-state index in [2.05, 4.69) is 14.9 Å². The number of fused-ring (bicyclic) bond motifs is 1. The van der Waals surface area contributed by atoms with E-state index < -0.39 is 11.6 Å². The van der Waals surface area contributed by atoms with E-state index in [0.29, 0.717) is 29.8 Å². The SMILES string of the molecule is Cc1nc2c(C(=O)O)ccc(N3CC(C)N(C(=O)OC(C)(C)C)[C@@H](C)C3)c2nc1C. The summed E-state index contributed by atoms with van der Waals surface area (Å²) >= 11 is 0. The second kappa shape index (κ2) is 7.74. The minimum atomic E-state index is -1.03. The Morgan fingerprint density at radius 3 is 2.07 bits per heavy atom. The normalized spacial score (nSPS) is 19.8. The van der Waals surface area contributed by atoms with Crippen LogP contribution in [0.3, 0.4) is 0 Å². The summed E-state index contributed by atoms with van der Waals surface area (Å²) in [4.78, 5) is 37.5. The molecule has 1 aliphatic rings. The number of nitrogens with zero attached hydrogens (tertiary/aromatic N) is 4. The molecule has 1 aromatic carbocycles. The van der Waals surface area contributed by atoms with Crippen molar-refractivity contribution in [1.29, 1.82) is 0 Å². The molecule has 3 rings (SSSR count). The van der Waals surface area contributed by atoms with E-state index in [1.54, 1.807) is 17.0 Å². The lowest BCUT2D eigenvalue weighted by molar-refractivity contribution is 0.00566. The molecule has 0 saturated carbocycles. The summed E-state index contributed by atoms with van der Waals surface area (Å²) in [6, 6.07) is 3.20. The van der Waals surface area contributed by atoms with Crippen molar-refractivity contribution in [3.05, 3.63) is 29.1 Å². The van der Waals surface area contributed by atoms with Crippen molar-refractivity contribution in [2.45, 2.75) is 66.2 Å². The maximum Gasteiger partial charge on any atom is 0.410 e. The van der Waals surface area contributed by atoms with Gasteiger partial charge in [0, 0.05) is 13.1 Å². The first-order chi connectivity index (χ1) is 13.9. The second-order valence-corrected chi connectivity index (χ2v) is 9.02. The molecule has 162 valence electrons. The van der Waals surface area contributed by atoms with Gasteiger partial charge in [-0.05, 0) is 60.6 Å². The van der Waals surface area contributed by atoms with Gasteiger partial charge in [0.15, 0.2) is 0 Å². The number of amides is 1. The molecular formula is C22H30N4O4. The number of piperazine rings is 1. The highest BCUT2D eigenvalue weighted by molar-refractivity contribution is 6.04. The number of rotatable bonds is 2. The van der Waals surface area contributed by atoms with Crippen molar-refractivity contribution < 1.29 is 19.4 Å². The van der Waals surface area contributed by atoms with E-state index in [4.69, 9.17) is 4.74 Å². The number of anilines is 1. The summed E-state index contributed by atoms with van der Waals surface area (Å²) in [5.41, 5.74) is 2.84. The third-order valence-corrected chi connectivity index (χ3v) is 5.31. The minimum Gasteiger partial charge on any atom is -0.478 e. The van der Waals surface area contributed by atoms with Gasteiger partial charge in [-0.15, -0.1) is 0 Å². The second-order valence-electron chi connectivity index (χ2n) is 9.02. The van der Waals surface area contributed by atoms with Crippen LogP contribution >= 0.6 is 0 Å². The molecule has 30 heavy (non-hydrogen) atoms. The van der Waals surface area contributed by atoms with Crippen LogP contribution in [-0.4, -0.2) is 62.8 Å². The number of aromatic carboxylic acids is 1. The maximum absolute atomic E-state index is 12.7. The zero-order valence-electron chi connectivity index (χ0n) is 18.7. The van der Waals surface area contributed by atoms with E-state index in [1.165, 1.54) is 0 Å². The molecule has 0 aliphatic carbocycles. The van der Waals surface area contributed by atoms with Crippen LogP contribution in [0.5, 0.6) is 0 Å². The molecule has 1 aliphatic heterocycles. The first kappa shape index (κ1) is 21.8. The van der Waals surface area contributed by atoms with E-state index in [0.717, 1.165) is 11.4 Å². The fraction of sp³-hybridized carbons (Fsp3) is 0.545. The Balaban J connectivity index is 1.98. The van der Waals surface area contributed by atoms with Gasteiger partial charge >= 0.3 is 12.1 Å². The molecule has 1 unspecified atom stereocenters. The lowest BCUT2D eigenvalue weighted by atomic mass is 10.1. The van der Waals surface area contributed by atoms with Gasteiger partial charge in [-0.1, -0.05) is 0 Å². The fourth-order valence-electron chi connectivity index (χ4n) is 3.91. The summed E-state index contributed by atoms with van der Waals surface area (Å²) in [6.45, 7) is 14.4. The summed E-state index contributed by atoms with van der Waals surface area (Å²) < 4.78 is 5.58. The highest BCUT2D eigenvalue weighted by atomic mass is 16.6. The summed E-state index contributed by atoms with van der Waals surface area (Å²) in [7, 11) is 0. The third kappa shape index (κ3) is 4.17. The molecule has 0 radical (unpaired) electrons. The van der Waals surface area contributed by atoms with Crippen LogP contribution in [0.2, 0.25) is 0 Å². The Bertz CT molecular complexity index is 987. The predicted octanol–water partition coefficient (Wildman–Crippen LogP) is 3.78. The van der Waals surface area contributed by atoms with Crippen molar-refractivity contribution in [3.8, 4) is 0 Å². The van der Waals surface area contributed by atoms with Crippen molar-refractivity contribution in [3.63, 3.8) is 0 Å². The number of benzene rings is 1. The third-order valence-electron chi connectivity index (χ3n) is 5.31. The molecule has 2 heterocycles. The molecule has 1 amide bonds. The van der Waals surface area contributed by atoms with Gasteiger partial charge < -0.3 is 14.7 Å². The van der Waals surface area contributed by atoms with Gasteiger partial charge in [-0.25, -0.2) is 19.6 Å². The first-order valence-corrected chi connectivity index (χ1v) is 10.2. The number of carboxylic acids is 1. The Morgan fingerprint density at radius 1 is 1.03 bits per heavy atom. The number of ether oxygens (including phenoxy) is 1. The van der Waals surface area contributed by atoms with Crippen LogP contribution in [0.4, 0.5) is 10.5 Å². The highest BCUT2D eigenvalue weighted by Gasteiger charge is 2.36. The topological polar surface area (TPSA) is 95.9 Å². The van der Waals surface area contributed by atoms with Crippen LogP contribution in [0.25, 0.3) is 11.0 Å². The van der Waals surface area contributed by atoms with Crippen LogP contribution in [0.15, 0.2) is 12.1 Å². The smallest absolute Gasteiger partial charge is 0.410 e. The molecule has 1 fully saturated rings. The zero-order valence-corrected chi connectivity index (χ0v) is 18.7. The molecule has 0 bridgehead atoms. The molecule has 8 heteroatoms. The van der Waals surface area contributed by atoms with Gasteiger partial charge in [-0.3, -0.25) is 4.90 Å². The van der Waals surface area contributed by atoms with E-state index in [1.807, 2.05) is 48.5 Å².